The van der Waals surface area contributed by atoms with Crippen LogP contribution in [0.25, 0.3) is 22.3 Å². The quantitative estimate of drug-likeness (QED) is 0.373. The van der Waals surface area contributed by atoms with Crippen LogP contribution in [0.4, 0.5) is 5.82 Å². The highest BCUT2D eigenvalue weighted by molar-refractivity contribution is 6.05. The molecule has 0 saturated carbocycles. The van der Waals surface area contributed by atoms with Crippen molar-refractivity contribution in [3.8, 4) is 11.4 Å². The summed E-state index contributed by atoms with van der Waals surface area (Å²) in [5.74, 6) is 2.12. The Morgan fingerprint density at radius 3 is 2.51 bits per heavy atom. The highest BCUT2D eigenvalue weighted by atomic mass is 16.2. The number of aryl methyl sites for hydroxylation is 3. The standard InChI is InChI=1S/C28H36N8O/c1-8-25-30-16-20(36(25)7)17-35(6)28(37)26-22-15-18(2)9-11-23(22)32-27(33-26)21-10-12-24(31-19(21)3)29-13-14-34(4)5/h9-12,15-16H,8,13-14,17H2,1-7H3,(H,29,31). The van der Waals surface area contributed by atoms with E-state index >= 15 is 0 Å². The number of anilines is 1. The second kappa shape index (κ2) is 11.0. The van der Waals surface area contributed by atoms with Crippen LogP contribution in [0.15, 0.2) is 36.5 Å². The van der Waals surface area contributed by atoms with E-state index in [1.165, 1.54) is 0 Å². The highest BCUT2D eigenvalue weighted by Gasteiger charge is 2.21. The van der Waals surface area contributed by atoms with Gasteiger partial charge in [-0.05, 0) is 52.2 Å². The van der Waals surface area contributed by atoms with Crippen LogP contribution >= 0.6 is 0 Å². The van der Waals surface area contributed by atoms with Crippen LogP contribution in [0, 0.1) is 13.8 Å². The van der Waals surface area contributed by atoms with Gasteiger partial charge in [0.2, 0.25) is 0 Å². The molecule has 4 aromatic rings. The second-order valence-corrected chi connectivity index (χ2v) is 9.72. The molecule has 194 valence electrons. The summed E-state index contributed by atoms with van der Waals surface area (Å²) in [6.07, 6.45) is 2.67. The molecule has 1 aromatic carbocycles. The number of amides is 1. The van der Waals surface area contributed by atoms with Crippen LogP contribution in [0.3, 0.4) is 0 Å². The van der Waals surface area contributed by atoms with Gasteiger partial charge in [-0.3, -0.25) is 4.79 Å². The Morgan fingerprint density at radius 2 is 1.84 bits per heavy atom. The Morgan fingerprint density at radius 1 is 1.05 bits per heavy atom. The summed E-state index contributed by atoms with van der Waals surface area (Å²) in [6.45, 7) is 8.16. The molecule has 0 bridgehead atoms. The smallest absolute Gasteiger partial charge is 0.273 e. The Bertz CT molecular complexity index is 1430. The van der Waals surface area contributed by atoms with Crippen LogP contribution < -0.4 is 5.32 Å². The molecule has 0 saturated heterocycles. The van der Waals surface area contributed by atoms with Crippen LogP contribution in [-0.2, 0) is 20.0 Å². The number of fused-ring (bicyclic) bond motifs is 1. The van der Waals surface area contributed by atoms with Gasteiger partial charge in [0, 0.05) is 44.6 Å². The van der Waals surface area contributed by atoms with Gasteiger partial charge in [-0.2, -0.15) is 0 Å². The molecule has 1 amide bonds. The number of imidazole rings is 1. The van der Waals surface area contributed by atoms with Gasteiger partial charge in [-0.15, -0.1) is 0 Å². The Kier molecular flexibility index (Phi) is 7.83. The second-order valence-electron chi connectivity index (χ2n) is 9.72. The number of hydrogen-bond acceptors (Lipinski definition) is 7. The molecule has 0 atom stereocenters. The third-order valence-electron chi connectivity index (χ3n) is 6.49. The van der Waals surface area contributed by atoms with Gasteiger partial charge >= 0.3 is 0 Å². The van der Waals surface area contributed by atoms with E-state index in [0.29, 0.717) is 18.1 Å². The average Bonchev–Trinajstić information content (AvgIpc) is 3.21. The monoisotopic (exact) mass is 500 g/mol. The van der Waals surface area contributed by atoms with Crippen LogP contribution in [0.1, 0.15) is 40.2 Å². The summed E-state index contributed by atoms with van der Waals surface area (Å²) in [5.41, 5.74) is 4.74. The molecule has 9 nitrogen and oxygen atoms in total. The van der Waals surface area contributed by atoms with E-state index in [1.54, 1.807) is 11.9 Å². The normalized spacial score (nSPS) is 11.4. The zero-order valence-corrected chi connectivity index (χ0v) is 22.8. The molecule has 37 heavy (non-hydrogen) atoms. The van der Waals surface area contributed by atoms with Crippen molar-refractivity contribution in [1.82, 2.24) is 34.3 Å². The number of carbonyl (C=O) groups is 1. The van der Waals surface area contributed by atoms with E-state index in [0.717, 1.165) is 64.6 Å². The van der Waals surface area contributed by atoms with Gasteiger partial charge in [-0.25, -0.2) is 19.9 Å². The number of nitrogens with zero attached hydrogens (tertiary/aromatic N) is 7. The van der Waals surface area contributed by atoms with Gasteiger partial charge in [0.25, 0.3) is 5.91 Å². The molecule has 0 aliphatic heterocycles. The third kappa shape index (κ3) is 5.77. The highest BCUT2D eigenvalue weighted by Crippen LogP contribution is 2.26. The van der Waals surface area contributed by atoms with Crippen molar-refractivity contribution in [3.05, 3.63) is 65.0 Å². The number of hydrogen-bond donors (Lipinski definition) is 1. The largest absolute Gasteiger partial charge is 0.369 e. The molecule has 0 unspecified atom stereocenters. The van der Waals surface area contributed by atoms with E-state index in [1.807, 2.05) is 76.1 Å². The molecule has 0 fully saturated rings. The third-order valence-corrected chi connectivity index (χ3v) is 6.49. The number of benzene rings is 1. The molecular formula is C28H36N8O. The Labute approximate surface area is 218 Å². The van der Waals surface area contributed by atoms with E-state index in [2.05, 4.69) is 22.1 Å². The maximum absolute atomic E-state index is 13.7. The van der Waals surface area contributed by atoms with E-state index in [9.17, 15) is 4.79 Å². The summed E-state index contributed by atoms with van der Waals surface area (Å²) >= 11 is 0. The maximum atomic E-state index is 13.7. The molecule has 4 rings (SSSR count). The summed E-state index contributed by atoms with van der Waals surface area (Å²) in [5, 5.41) is 4.09. The molecule has 0 spiro atoms. The van der Waals surface area contributed by atoms with Crippen molar-refractivity contribution in [2.24, 2.45) is 7.05 Å². The van der Waals surface area contributed by atoms with Crippen LogP contribution in [0.5, 0.6) is 0 Å². The molecule has 3 heterocycles. The summed E-state index contributed by atoms with van der Waals surface area (Å²) in [7, 11) is 7.86. The Balaban J connectivity index is 1.69. The first-order valence-electron chi connectivity index (χ1n) is 12.6. The fraction of sp³-hybridized carbons (Fsp3) is 0.393. The molecule has 9 heteroatoms. The fourth-order valence-electron chi connectivity index (χ4n) is 4.29. The van der Waals surface area contributed by atoms with E-state index in [-0.39, 0.29) is 5.91 Å². The van der Waals surface area contributed by atoms with Crippen LogP contribution in [-0.4, -0.2) is 74.4 Å². The SMILES string of the molecule is CCc1ncc(CN(C)C(=O)c2nc(-c3ccc(NCCN(C)C)nc3C)nc3ccc(C)cc23)n1C. The zero-order valence-electron chi connectivity index (χ0n) is 22.8. The van der Waals surface area contributed by atoms with Crippen molar-refractivity contribution in [1.29, 1.82) is 0 Å². The molecule has 1 N–H and O–H groups in total. The van der Waals surface area contributed by atoms with Gasteiger partial charge in [0.05, 0.1) is 29.6 Å². The first kappa shape index (κ1) is 26.2. The zero-order chi connectivity index (χ0) is 26.7. The molecule has 0 radical (unpaired) electrons. The summed E-state index contributed by atoms with van der Waals surface area (Å²) in [4.78, 5) is 36.3. The molecule has 0 aliphatic carbocycles. The Hall–Kier alpha value is -3.85. The van der Waals surface area contributed by atoms with Gasteiger partial charge in [-0.1, -0.05) is 18.6 Å². The first-order chi connectivity index (χ1) is 17.7. The lowest BCUT2D eigenvalue weighted by Crippen LogP contribution is -2.28. The minimum atomic E-state index is -0.161. The lowest BCUT2D eigenvalue weighted by atomic mass is 10.1. The number of likely N-dealkylation sites (N-methyl/N-ethyl adjacent to an activating group) is 1. The lowest BCUT2D eigenvalue weighted by molar-refractivity contribution is 0.0778. The van der Waals surface area contributed by atoms with Crippen molar-refractivity contribution >= 4 is 22.6 Å². The summed E-state index contributed by atoms with van der Waals surface area (Å²) in [6, 6.07) is 9.82. The van der Waals surface area contributed by atoms with Gasteiger partial charge in [0.15, 0.2) is 5.82 Å². The van der Waals surface area contributed by atoms with Crippen molar-refractivity contribution in [2.75, 3.05) is 39.5 Å². The fourth-order valence-corrected chi connectivity index (χ4v) is 4.29. The number of rotatable bonds is 9. The molecular weight excluding hydrogens is 464 g/mol. The average molecular weight is 501 g/mol. The maximum Gasteiger partial charge on any atom is 0.273 e. The summed E-state index contributed by atoms with van der Waals surface area (Å²) < 4.78 is 2.04. The minimum Gasteiger partial charge on any atom is -0.369 e. The lowest BCUT2D eigenvalue weighted by Gasteiger charge is -2.19. The minimum absolute atomic E-state index is 0.161. The van der Waals surface area contributed by atoms with Crippen LogP contribution in [0.2, 0.25) is 0 Å². The van der Waals surface area contributed by atoms with Crippen molar-refractivity contribution in [2.45, 2.75) is 33.7 Å². The van der Waals surface area contributed by atoms with E-state index in [4.69, 9.17) is 15.0 Å². The number of nitrogens with one attached hydrogen (secondary N) is 1. The number of aromatic nitrogens is 5. The van der Waals surface area contributed by atoms with Gasteiger partial charge < -0.3 is 19.7 Å². The van der Waals surface area contributed by atoms with Gasteiger partial charge in [0.1, 0.15) is 17.3 Å². The van der Waals surface area contributed by atoms with Crippen molar-refractivity contribution in [3.63, 3.8) is 0 Å². The predicted molar refractivity (Wildman–Crippen MR) is 148 cm³/mol. The number of pyridine rings is 1. The molecule has 0 aliphatic rings. The molecule has 3 aromatic heterocycles. The number of carbonyl (C=O) groups excluding carboxylic acids is 1. The van der Waals surface area contributed by atoms with Crippen molar-refractivity contribution < 1.29 is 4.79 Å². The first-order valence-corrected chi connectivity index (χ1v) is 12.6. The van der Waals surface area contributed by atoms with E-state index < -0.39 is 0 Å². The predicted octanol–water partition coefficient (Wildman–Crippen LogP) is 3.85. The topological polar surface area (TPSA) is 92.1 Å².